The van der Waals surface area contributed by atoms with E-state index in [9.17, 15) is 4.39 Å². The molecule has 2 heterocycles. The SMILES string of the molecule is CCC(C)Nc1nc2ccccc2nc1-c1cc2cc(F)ccc2o1. The minimum Gasteiger partial charge on any atom is -0.454 e. The first-order valence-corrected chi connectivity index (χ1v) is 8.37. The molecule has 0 saturated carbocycles. The molecule has 0 aliphatic carbocycles. The van der Waals surface area contributed by atoms with Crippen LogP contribution in [0.2, 0.25) is 0 Å². The second kappa shape index (κ2) is 6.16. The van der Waals surface area contributed by atoms with E-state index in [0.29, 0.717) is 28.2 Å². The number of nitrogens with one attached hydrogen (secondary N) is 1. The molecule has 0 spiro atoms. The molecule has 4 nitrogen and oxygen atoms in total. The van der Waals surface area contributed by atoms with Crippen LogP contribution in [0, 0.1) is 5.82 Å². The van der Waals surface area contributed by atoms with Gasteiger partial charge in [0, 0.05) is 11.4 Å². The van der Waals surface area contributed by atoms with Crippen LogP contribution in [0.4, 0.5) is 10.2 Å². The van der Waals surface area contributed by atoms with Gasteiger partial charge in [0.2, 0.25) is 0 Å². The maximum atomic E-state index is 13.5. The molecule has 0 radical (unpaired) electrons. The number of benzene rings is 2. The first kappa shape index (κ1) is 15.6. The molecule has 2 aromatic carbocycles. The number of aromatic nitrogens is 2. The number of hydrogen-bond donors (Lipinski definition) is 1. The van der Waals surface area contributed by atoms with E-state index in [4.69, 9.17) is 14.4 Å². The van der Waals surface area contributed by atoms with Gasteiger partial charge < -0.3 is 9.73 Å². The lowest BCUT2D eigenvalue weighted by atomic mass is 10.2. The quantitative estimate of drug-likeness (QED) is 0.543. The molecule has 2 aromatic heterocycles. The van der Waals surface area contributed by atoms with E-state index in [2.05, 4.69) is 19.2 Å². The van der Waals surface area contributed by atoms with E-state index in [1.807, 2.05) is 24.3 Å². The van der Waals surface area contributed by atoms with Crippen molar-refractivity contribution < 1.29 is 8.81 Å². The molecule has 0 amide bonds. The summed E-state index contributed by atoms with van der Waals surface area (Å²) in [6.45, 7) is 4.20. The Morgan fingerprint density at radius 1 is 1.08 bits per heavy atom. The molecule has 0 saturated heterocycles. The van der Waals surface area contributed by atoms with Crippen molar-refractivity contribution in [3.63, 3.8) is 0 Å². The molecule has 0 fully saturated rings. The second-order valence-corrected chi connectivity index (χ2v) is 6.16. The van der Waals surface area contributed by atoms with Crippen LogP contribution >= 0.6 is 0 Å². The Hall–Kier alpha value is -2.95. The third kappa shape index (κ3) is 2.93. The van der Waals surface area contributed by atoms with Crippen molar-refractivity contribution >= 4 is 27.8 Å². The van der Waals surface area contributed by atoms with Gasteiger partial charge >= 0.3 is 0 Å². The van der Waals surface area contributed by atoms with Gasteiger partial charge in [-0.1, -0.05) is 19.1 Å². The highest BCUT2D eigenvalue weighted by Crippen LogP contribution is 2.32. The number of furan rings is 1. The fourth-order valence-electron chi connectivity index (χ4n) is 2.74. The van der Waals surface area contributed by atoms with Gasteiger partial charge in [0.15, 0.2) is 11.6 Å². The van der Waals surface area contributed by atoms with Gasteiger partial charge in [0.05, 0.1) is 11.0 Å². The van der Waals surface area contributed by atoms with Gasteiger partial charge in [-0.2, -0.15) is 0 Å². The maximum Gasteiger partial charge on any atom is 0.157 e. The van der Waals surface area contributed by atoms with Crippen molar-refractivity contribution in [1.82, 2.24) is 9.97 Å². The maximum absolute atomic E-state index is 13.5. The van der Waals surface area contributed by atoms with E-state index in [-0.39, 0.29) is 11.9 Å². The standard InChI is InChI=1S/C20H18FN3O/c1-3-12(2)22-20-19(23-15-6-4-5-7-16(15)24-20)18-11-13-10-14(21)8-9-17(13)25-18/h4-12H,3H2,1-2H3,(H,22,24). The number of nitrogens with zero attached hydrogens (tertiary/aromatic N) is 2. The van der Waals surface area contributed by atoms with Crippen LogP contribution < -0.4 is 5.32 Å². The largest absolute Gasteiger partial charge is 0.454 e. The van der Waals surface area contributed by atoms with E-state index >= 15 is 0 Å². The van der Waals surface area contributed by atoms with Gasteiger partial charge in [0.1, 0.15) is 17.1 Å². The second-order valence-electron chi connectivity index (χ2n) is 6.16. The first-order chi connectivity index (χ1) is 12.1. The smallest absolute Gasteiger partial charge is 0.157 e. The Balaban J connectivity index is 1.91. The Morgan fingerprint density at radius 3 is 2.60 bits per heavy atom. The Labute approximate surface area is 144 Å². The van der Waals surface area contributed by atoms with Gasteiger partial charge in [0.25, 0.3) is 0 Å². The van der Waals surface area contributed by atoms with Crippen LogP contribution in [-0.4, -0.2) is 16.0 Å². The molecule has 126 valence electrons. The fourth-order valence-corrected chi connectivity index (χ4v) is 2.74. The number of halogens is 1. The highest BCUT2D eigenvalue weighted by Gasteiger charge is 2.17. The Morgan fingerprint density at radius 2 is 1.84 bits per heavy atom. The molecular weight excluding hydrogens is 317 g/mol. The van der Waals surface area contributed by atoms with Gasteiger partial charge in [-0.3, -0.25) is 0 Å². The first-order valence-electron chi connectivity index (χ1n) is 8.37. The average molecular weight is 335 g/mol. The number of para-hydroxylation sites is 2. The molecule has 0 aliphatic rings. The summed E-state index contributed by atoms with van der Waals surface area (Å²) in [7, 11) is 0. The van der Waals surface area contributed by atoms with Crippen LogP contribution in [-0.2, 0) is 0 Å². The molecule has 0 aliphatic heterocycles. The molecule has 1 unspecified atom stereocenters. The van der Waals surface area contributed by atoms with Crippen LogP contribution in [0.25, 0.3) is 33.5 Å². The predicted octanol–water partition coefficient (Wildman–Crippen LogP) is 5.39. The highest BCUT2D eigenvalue weighted by atomic mass is 19.1. The lowest BCUT2D eigenvalue weighted by molar-refractivity contribution is 0.617. The third-order valence-electron chi connectivity index (χ3n) is 4.28. The Kier molecular flexibility index (Phi) is 3.84. The topological polar surface area (TPSA) is 51.0 Å². The summed E-state index contributed by atoms with van der Waals surface area (Å²) in [6.07, 6.45) is 0.958. The van der Waals surface area contributed by atoms with Crippen molar-refractivity contribution in [3.8, 4) is 11.5 Å². The minimum atomic E-state index is -0.289. The van der Waals surface area contributed by atoms with Crippen molar-refractivity contribution in [3.05, 3.63) is 54.3 Å². The molecule has 0 bridgehead atoms. The monoisotopic (exact) mass is 335 g/mol. The summed E-state index contributed by atoms with van der Waals surface area (Å²) < 4.78 is 19.4. The van der Waals surface area contributed by atoms with Crippen molar-refractivity contribution in [2.75, 3.05) is 5.32 Å². The summed E-state index contributed by atoms with van der Waals surface area (Å²) >= 11 is 0. The number of fused-ring (bicyclic) bond motifs is 2. The molecule has 1 N–H and O–H groups in total. The zero-order valence-corrected chi connectivity index (χ0v) is 14.1. The molecule has 25 heavy (non-hydrogen) atoms. The van der Waals surface area contributed by atoms with Crippen molar-refractivity contribution in [2.45, 2.75) is 26.3 Å². The van der Waals surface area contributed by atoms with Crippen LogP contribution in [0.1, 0.15) is 20.3 Å². The summed E-state index contributed by atoms with van der Waals surface area (Å²) in [5.41, 5.74) is 2.87. The molecular formula is C20H18FN3O. The Bertz CT molecular complexity index is 1060. The number of hydrogen-bond acceptors (Lipinski definition) is 4. The lowest BCUT2D eigenvalue weighted by Gasteiger charge is -2.15. The zero-order chi connectivity index (χ0) is 17.4. The predicted molar refractivity (Wildman–Crippen MR) is 98.1 cm³/mol. The van der Waals surface area contributed by atoms with Crippen LogP contribution in [0.5, 0.6) is 0 Å². The summed E-state index contributed by atoms with van der Waals surface area (Å²) in [5, 5.41) is 4.11. The molecule has 4 rings (SSSR count). The number of anilines is 1. The van der Waals surface area contributed by atoms with Crippen LogP contribution in [0.15, 0.2) is 52.9 Å². The van der Waals surface area contributed by atoms with Crippen molar-refractivity contribution in [1.29, 1.82) is 0 Å². The number of rotatable bonds is 4. The third-order valence-corrected chi connectivity index (χ3v) is 4.28. The van der Waals surface area contributed by atoms with E-state index in [1.165, 1.54) is 12.1 Å². The summed E-state index contributed by atoms with van der Waals surface area (Å²) in [6, 6.07) is 14.2. The normalized spacial score (nSPS) is 12.6. The van der Waals surface area contributed by atoms with Crippen LogP contribution in [0.3, 0.4) is 0 Å². The summed E-state index contributed by atoms with van der Waals surface area (Å²) in [4.78, 5) is 9.46. The van der Waals surface area contributed by atoms with Gasteiger partial charge in [-0.05, 0) is 49.7 Å². The summed E-state index contributed by atoms with van der Waals surface area (Å²) in [5.74, 6) is 0.958. The molecule has 5 heteroatoms. The van der Waals surface area contributed by atoms with E-state index < -0.39 is 0 Å². The van der Waals surface area contributed by atoms with Gasteiger partial charge in [-0.15, -0.1) is 0 Å². The molecule has 1 atom stereocenters. The average Bonchev–Trinajstić information content (AvgIpc) is 3.03. The van der Waals surface area contributed by atoms with E-state index in [0.717, 1.165) is 17.5 Å². The highest BCUT2D eigenvalue weighted by molar-refractivity contribution is 5.87. The lowest BCUT2D eigenvalue weighted by Crippen LogP contribution is -2.15. The molecule has 4 aromatic rings. The minimum absolute atomic E-state index is 0.246. The van der Waals surface area contributed by atoms with Crippen molar-refractivity contribution in [2.24, 2.45) is 0 Å². The zero-order valence-electron chi connectivity index (χ0n) is 14.1. The van der Waals surface area contributed by atoms with Gasteiger partial charge in [-0.25, -0.2) is 14.4 Å². The fraction of sp³-hybridized carbons (Fsp3) is 0.200. The van der Waals surface area contributed by atoms with E-state index in [1.54, 1.807) is 12.1 Å².